The van der Waals surface area contributed by atoms with Crippen LogP contribution in [-0.4, -0.2) is 33.1 Å². The fraction of sp³-hybridized carbons (Fsp3) is 0.667. The molecule has 1 fully saturated rings. The van der Waals surface area contributed by atoms with Gasteiger partial charge in [0.15, 0.2) is 0 Å². The maximum Gasteiger partial charge on any atom is 0.0918 e. The Morgan fingerprint density at radius 1 is 1.65 bits per heavy atom. The van der Waals surface area contributed by atoms with Gasteiger partial charge >= 0.3 is 0 Å². The third-order valence-electron chi connectivity index (χ3n) is 3.20. The van der Waals surface area contributed by atoms with Crippen molar-refractivity contribution in [1.82, 2.24) is 14.7 Å². The van der Waals surface area contributed by atoms with Crippen LogP contribution in [0, 0.1) is 12.3 Å². The molecule has 2 rings (SSSR count). The largest absolute Gasteiger partial charge is 0.388 e. The van der Waals surface area contributed by atoms with Crippen LogP contribution in [0.4, 0.5) is 0 Å². The standard InChI is InChI=1S/C12H21N5/c1-9-7-11(16(2)15-9)8-17(10-3-4-10)6-5-12(13)14/h7,10H,3-6,8H2,1-2H3,(H3,13,14). The van der Waals surface area contributed by atoms with Crippen LogP contribution in [0.3, 0.4) is 0 Å². The van der Waals surface area contributed by atoms with Crippen LogP contribution in [0.2, 0.25) is 0 Å². The third kappa shape index (κ3) is 3.30. The predicted octanol–water partition coefficient (Wildman–Crippen LogP) is 1.02. The highest BCUT2D eigenvalue weighted by atomic mass is 15.3. The molecule has 0 aliphatic heterocycles. The van der Waals surface area contributed by atoms with Crippen molar-refractivity contribution < 1.29 is 0 Å². The summed E-state index contributed by atoms with van der Waals surface area (Å²) < 4.78 is 1.94. The van der Waals surface area contributed by atoms with E-state index in [0.29, 0.717) is 12.5 Å². The fourth-order valence-electron chi connectivity index (χ4n) is 2.11. The SMILES string of the molecule is Cc1cc(CN(CCC(=N)N)C2CC2)n(C)n1. The van der Waals surface area contributed by atoms with Gasteiger partial charge in [0, 0.05) is 32.6 Å². The first-order valence-corrected chi connectivity index (χ1v) is 6.12. The molecule has 0 spiro atoms. The van der Waals surface area contributed by atoms with Gasteiger partial charge in [-0.05, 0) is 25.8 Å². The summed E-state index contributed by atoms with van der Waals surface area (Å²) in [7, 11) is 1.98. The minimum Gasteiger partial charge on any atom is -0.388 e. The van der Waals surface area contributed by atoms with Crippen molar-refractivity contribution in [2.45, 2.75) is 38.8 Å². The van der Waals surface area contributed by atoms with Crippen LogP contribution in [0.15, 0.2) is 6.07 Å². The molecule has 1 aromatic heterocycles. The van der Waals surface area contributed by atoms with Crippen LogP contribution in [0.5, 0.6) is 0 Å². The van der Waals surface area contributed by atoms with Crippen molar-refractivity contribution in [3.05, 3.63) is 17.5 Å². The zero-order valence-electron chi connectivity index (χ0n) is 10.6. The molecule has 1 aliphatic rings. The Balaban J connectivity index is 1.97. The molecule has 0 aromatic carbocycles. The number of hydrogen-bond acceptors (Lipinski definition) is 3. The number of hydrogen-bond donors (Lipinski definition) is 2. The zero-order chi connectivity index (χ0) is 12.4. The summed E-state index contributed by atoms with van der Waals surface area (Å²) in [5.74, 6) is 0.275. The van der Waals surface area contributed by atoms with Gasteiger partial charge in [0.1, 0.15) is 0 Å². The van der Waals surface area contributed by atoms with E-state index in [1.165, 1.54) is 18.5 Å². The van der Waals surface area contributed by atoms with Crippen molar-refractivity contribution in [3.63, 3.8) is 0 Å². The van der Waals surface area contributed by atoms with E-state index in [0.717, 1.165) is 18.8 Å². The van der Waals surface area contributed by atoms with Crippen LogP contribution >= 0.6 is 0 Å². The molecule has 17 heavy (non-hydrogen) atoms. The van der Waals surface area contributed by atoms with Crippen LogP contribution in [0.25, 0.3) is 0 Å². The van der Waals surface area contributed by atoms with Gasteiger partial charge in [-0.15, -0.1) is 0 Å². The molecule has 5 heteroatoms. The molecule has 1 saturated carbocycles. The minimum absolute atomic E-state index is 0.275. The Bertz CT molecular complexity index is 405. The second-order valence-corrected chi connectivity index (χ2v) is 4.88. The first kappa shape index (κ1) is 12.1. The Morgan fingerprint density at radius 3 is 2.82 bits per heavy atom. The summed E-state index contributed by atoms with van der Waals surface area (Å²) in [4.78, 5) is 2.41. The highest BCUT2D eigenvalue weighted by Crippen LogP contribution is 2.28. The minimum atomic E-state index is 0.275. The first-order valence-electron chi connectivity index (χ1n) is 6.12. The van der Waals surface area contributed by atoms with Crippen LogP contribution < -0.4 is 5.73 Å². The summed E-state index contributed by atoms with van der Waals surface area (Å²) in [6.07, 6.45) is 3.21. The Kier molecular flexibility index (Phi) is 3.47. The summed E-state index contributed by atoms with van der Waals surface area (Å²) in [6.45, 7) is 3.81. The Hall–Kier alpha value is -1.36. The van der Waals surface area contributed by atoms with Crippen LogP contribution in [0.1, 0.15) is 30.7 Å². The summed E-state index contributed by atoms with van der Waals surface area (Å²) in [5.41, 5.74) is 7.72. The lowest BCUT2D eigenvalue weighted by Crippen LogP contribution is -2.30. The molecular weight excluding hydrogens is 214 g/mol. The third-order valence-corrected chi connectivity index (χ3v) is 3.20. The lowest BCUT2D eigenvalue weighted by atomic mass is 10.3. The highest BCUT2D eigenvalue weighted by Gasteiger charge is 2.29. The molecule has 0 atom stereocenters. The number of aryl methyl sites for hydroxylation is 2. The molecule has 94 valence electrons. The summed E-state index contributed by atoms with van der Waals surface area (Å²) >= 11 is 0. The topological polar surface area (TPSA) is 70.9 Å². The molecule has 0 saturated heterocycles. The Morgan fingerprint density at radius 2 is 2.35 bits per heavy atom. The lowest BCUT2D eigenvalue weighted by molar-refractivity contribution is 0.255. The van der Waals surface area contributed by atoms with Gasteiger partial charge in [-0.2, -0.15) is 5.10 Å². The molecule has 1 aromatic rings. The van der Waals surface area contributed by atoms with Crippen molar-refractivity contribution in [2.24, 2.45) is 12.8 Å². The molecular formula is C12H21N5. The number of aromatic nitrogens is 2. The molecule has 1 heterocycles. The van der Waals surface area contributed by atoms with E-state index >= 15 is 0 Å². The summed E-state index contributed by atoms with van der Waals surface area (Å²) in [6, 6.07) is 2.81. The number of nitrogens with two attached hydrogens (primary N) is 1. The Labute approximate surface area is 102 Å². The maximum absolute atomic E-state index is 7.31. The van der Waals surface area contributed by atoms with Gasteiger partial charge in [0.05, 0.1) is 17.2 Å². The van der Waals surface area contributed by atoms with E-state index in [1.54, 1.807) is 0 Å². The first-order chi connectivity index (χ1) is 8.06. The normalized spacial score (nSPS) is 15.5. The molecule has 0 bridgehead atoms. The molecule has 0 unspecified atom stereocenters. The molecule has 0 radical (unpaired) electrons. The van der Waals surface area contributed by atoms with Gasteiger partial charge in [-0.25, -0.2) is 0 Å². The fourth-order valence-corrected chi connectivity index (χ4v) is 2.11. The highest BCUT2D eigenvalue weighted by molar-refractivity contribution is 5.76. The zero-order valence-corrected chi connectivity index (χ0v) is 10.6. The quantitative estimate of drug-likeness (QED) is 0.571. The smallest absolute Gasteiger partial charge is 0.0918 e. The van der Waals surface area contributed by atoms with E-state index in [-0.39, 0.29) is 5.84 Å². The van der Waals surface area contributed by atoms with E-state index in [1.807, 2.05) is 18.7 Å². The van der Waals surface area contributed by atoms with Gasteiger partial charge < -0.3 is 5.73 Å². The maximum atomic E-state index is 7.31. The summed E-state index contributed by atoms with van der Waals surface area (Å²) in [5, 5.41) is 11.7. The number of amidine groups is 1. The monoisotopic (exact) mass is 235 g/mol. The molecule has 5 nitrogen and oxygen atoms in total. The van der Waals surface area contributed by atoms with Crippen molar-refractivity contribution >= 4 is 5.84 Å². The second kappa shape index (κ2) is 4.87. The average Bonchev–Trinajstić information content (AvgIpc) is 3.01. The van der Waals surface area contributed by atoms with Crippen molar-refractivity contribution in [2.75, 3.05) is 6.54 Å². The number of nitrogens with one attached hydrogen (secondary N) is 1. The molecule has 0 amide bonds. The van der Waals surface area contributed by atoms with Crippen molar-refractivity contribution in [1.29, 1.82) is 5.41 Å². The van der Waals surface area contributed by atoms with Crippen LogP contribution in [-0.2, 0) is 13.6 Å². The van der Waals surface area contributed by atoms with Gasteiger partial charge in [-0.3, -0.25) is 15.0 Å². The number of nitrogens with zero attached hydrogens (tertiary/aromatic N) is 3. The van der Waals surface area contributed by atoms with Gasteiger partial charge in [0.2, 0.25) is 0 Å². The predicted molar refractivity (Wildman–Crippen MR) is 67.9 cm³/mol. The lowest BCUT2D eigenvalue weighted by Gasteiger charge is -2.21. The molecule has 3 N–H and O–H groups in total. The molecule has 1 aliphatic carbocycles. The van der Waals surface area contributed by atoms with Gasteiger partial charge in [-0.1, -0.05) is 0 Å². The van der Waals surface area contributed by atoms with E-state index in [2.05, 4.69) is 16.1 Å². The average molecular weight is 235 g/mol. The number of rotatable bonds is 6. The van der Waals surface area contributed by atoms with E-state index in [9.17, 15) is 0 Å². The second-order valence-electron chi connectivity index (χ2n) is 4.88. The van der Waals surface area contributed by atoms with E-state index in [4.69, 9.17) is 11.1 Å². The van der Waals surface area contributed by atoms with E-state index < -0.39 is 0 Å². The van der Waals surface area contributed by atoms with Gasteiger partial charge in [0.25, 0.3) is 0 Å². The van der Waals surface area contributed by atoms with Crippen molar-refractivity contribution in [3.8, 4) is 0 Å².